The van der Waals surface area contributed by atoms with Crippen LogP contribution in [0.25, 0.3) is 33.0 Å². The van der Waals surface area contributed by atoms with Crippen molar-refractivity contribution >= 4 is 33.0 Å². The molecule has 3 aromatic heterocycles. The lowest BCUT2D eigenvalue weighted by atomic mass is 10.1. The number of rotatable bonds is 1. The first kappa shape index (κ1) is 10.3. The van der Waals surface area contributed by atoms with Crippen molar-refractivity contribution in [2.24, 2.45) is 0 Å². The zero-order valence-electron chi connectivity index (χ0n) is 10.3. The molecule has 0 aliphatic heterocycles. The van der Waals surface area contributed by atoms with Crippen molar-refractivity contribution in [2.45, 2.75) is 0 Å². The lowest BCUT2D eigenvalue weighted by Crippen LogP contribution is -1.83. The van der Waals surface area contributed by atoms with Crippen LogP contribution in [0.5, 0.6) is 5.75 Å². The molecule has 4 nitrogen and oxygen atoms in total. The van der Waals surface area contributed by atoms with Gasteiger partial charge in [0.25, 0.3) is 0 Å². The molecular weight excluding hydrogens is 238 g/mol. The van der Waals surface area contributed by atoms with Crippen molar-refractivity contribution in [3.8, 4) is 5.75 Å². The van der Waals surface area contributed by atoms with Gasteiger partial charge in [-0.3, -0.25) is 0 Å². The van der Waals surface area contributed by atoms with Crippen LogP contribution in [0.15, 0.2) is 42.6 Å². The van der Waals surface area contributed by atoms with Gasteiger partial charge in [0.05, 0.1) is 23.7 Å². The summed E-state index contributed by atoms with van der Waals surface area (Å²) in [7, 11) is 1.67. The summed E-state index contributed by atoms with van der Waals surface area (Å²) < 4.78 is 5.27. The Kier molecular flexibility index (Phi) is 2.00. The second kappa shape index (κ2) is 3.68. The maximum absolute atomic E-state index is 5.27. The van der Waals surface area contributed by atoms with Gasteiger partial charge in [0.15, 0.2) is 5.65 Å². The number of methoxy groups -OCH3 is 1. The molecule has 0 saturated heterocycles. The van der Waals surface area contributed by atoms with Gasteiger partial charge < -0.3 is 9.72 Å². The summed E-state index contributed by atoms with van der Waals surface area (Å²) in [6, 6.07) is 11.9. The van der Waals surface area contributed by atoms with Crippen LogP contribution < -0.4 is 4.74 Å². The first-order valence-corrected chi connectivity index (χ1v) is 6.07. The lowest BCUT2D eigenvalue weighted by Gasteiger charge is -1.99. The Labute approximate surface area is 109 Å². The molecule has 0 atom stereocenters. The number of hydrogen-bond acceptors (Lipinski definition) is 3. The molecule has 92 valence electrons. The van der Waals surface area contributed by atoms with Crippen LogP contribution in [0.2, 0.25) is 0 Å². The van der Waals surface area contributed by atoms with Gasteiger partial charge in [0, 0.05) is 17.0 Å². The van der Waals surface area contributed by atoms with E-state index in [1.54, 1.807) is 7.11 Å². The van der Waals surface area contributed by atoms with E-state index in [2.05, 4.69) is 21.0 Å². The third-order valence-electron chi connectivity index (χ3n) is 3.34. The number of H-pyrrole nitrogens is 1. The Morgan fingerprint density at radius 2 is 1.89 bits per heavy atom. The Hall–Kier alpha value is -2.62. The molecule has 4 aromatic rings. The molecule has 0 aliphatic carbocycles. The zero-order valence-corrected chi connectivity index (χ0v) is 10.3. The maximum atomic E-state index is 5.27. The number of aromatic nitrogens is 3. The fourth-order valence-corrected chi connectivity index (χ4v) is 2.39. The number of fused-ring (bicyclic) bond motifs is 4. The number of nitrogens with one attached hydrogen (secondary N) is 1. The van der Waals surface area contributed by atoms with Gasteiger partial charge in [-0.2, -0.15) is 0 Å². The van der Waals surface area contributed by atoms with Crippen LogP contribution >= 0.6 is 0 Å². The van der Waals surface area contributed by atoms with Gasteiger partial charge in [-0.15, -0.1) is 0 Å². The fourth-order valence-electron chi connectivity index (χ4n) is 2.39. The summed E-state index contributed by atoms with van der Waals surface area (Å²) in [6.07, 6.45) is 1.90. The summed E-state index contributed by atoms with van der Waals surface area (Å²) in [6.45, 7) is 0. The predicted molar refractivity (Wildman–Crippen MR) is 75.5 cm³/mol. The highest BCUT2D eigenvalue weighted by molar-refractivity contribution is 6.09. The van der Waals surface area contributed by atoms with E-state index in [4.69, 9.17) is 4.74 Å². The van der Waals surface area contributed by atoms with E-state index in [9.17, 15) is 0 Å². The number of aromatic amines is 1. The lowest BCUT2D eigenvalue weighted by molar-refractivity contribution is 0.415. The van der Waals surface area contributed by atoms with E-state index in [-0.39, 0.29) is 0 Å². The van der Waals surface area contributed by atoms with E-state index in [0.29, 0.717) is 0 Å². The molecule has 0 fully saturated rings. The van der Waals surface area contributed by atoms with E-state index in [1.807, 2.05) is 36.5 Å². The molecule has 1 aromatic carbocycles. The van der Waals surface area contributed by atoms with Crippen LogP contribution in [0, 0.1) is 0 Å². The first-order chi connectivity index (χ1) is 9.35. The van der Waals surface area contributed by atoms with Crippen LogP contribution in [-0.2, 0) is 0 Å². The van der Waals surface area contributed by atoms with Gasteiger partial charge >= 0.3 is 0 Å². The number of hydrogen-bond donors (Lipinski definition) is 1. The van der Waals surface area contributed by atoms with Gasteiger partial charge in [-0.05, 0) is 36.4 Å². The summed E-state index contributed by atoms with van der Waals surface area (Å²) >= 11 is 0. The summed E-state index contributed by atoms with van der Waals surface area (Å²) in [5, 5.41) is 2.12. The smallest absolute Gasteiger partial charge is 0.161 e. The normalized spacial score (nSPS) is 11.4. The Balaban J connectivity index is 2.17. The van der Waals surface area contributed by atoms with Crippen molar-refractivity contribution in [3.63, 3.8) is 0 Å². The molecule has 0 amide bonds. The second-order valence-electron chi connectivity index (χ2n) is 4.46. The summed E-state index contributed by atoms with van der Waals surface area (Å²) in [5.41, 5.74) is 3.64. The molecule has 0 bridgehead atoms. The summed E-state index contributed by atoms with van der Waals surface area (Å²) in [4.78, 5) is 12.4. The molecule has 0 spiro atoms. The van der Waals surface area contributed by atoms with Crippen molar-refractivity contribution in [3.05, 3.63) is 42.6 Å². The standard InChI is InChI=1S/C15H11N3O/c1-19-9-4-5-12-10(7-9)11-8-14-13(3-2-6-16-14)18-15(11)17-12/h2-8,16H,1H3. The van der Waals surface area contributed by atoms with Gasteiger partial charge in [-0.25, -0.2) is 9.97 Å². The topological polar surface area (TPSA) is 50.8 Å². The third-order valence-corrected chi connectivity index (χ3v) is 3.34. The SMILES string of the molecule is COc1ccc2nc3nc4ccc[nH]c4cc3c2c1. The van der Waals surface area contributed by atoms with Crippen LogP contribution in [0.3, 0.4) is 0 Å². The molecular formula is C15H11N3O. The third kappa shape index (κ3) is 1.46. The number of ether oxygens (including phenoxy) is 1. The van der Waals surface area contributed by atoms with E-state index < -0.39 is 0 Å². The van der Waals surface area contributed by atoms with Crippen LogP contribution in [0.1, 0.15) is 0 Å². The molecule has 4 heteroatoms. The first-order valence-electron chi connectivity index (χ1n) is 6.07. The largest absolute Gasteiger partial charge is 0.497 e. The highest BCUT2D eigenvalue weighted by Gasteiger charge is 2.09. The monoisotopic (exact) mass is 249 g/mol. The number of pyridine rings is 2. The van der Waals surface area contributed by atoms with Gasteiger partial charge in [0.1, 0.15) is 5.75 Å². The van der Waals surface area contributed by atoms with Crippen molar-refractivity contribution in [2.75, 3.05) is 7.11 Å². The van der Waals surface area contributed by atoms with Crippen LogP contribution in [-0.4, -0.2) is 22.1 Å². The second-order valence-corrected chi connectivity index (χ2v) is 4.46. The van der Waals surface area contributed by atoms with Gasteiger partial charge in [0.2, 0.25) is 0 Å². The minimum atomic E-state index is 0.773. The minimum absolute atomic E-state index is 0.773. The molecule has 0 radical (unpaired) electrons. The van der Waals surface area contributed by atoms with E-state index >= 15 is 0 Å². The molecule has 4 rings (SSSR count). The highest BCUT2D eigenvalue weighted by Crippen LogP contribution is 2.29. The highest BCUT2D eigenvalue weighted by atomic mass is 16.5. The fraction of sp³-hybridized carbons (Fsp3) is 0.0667. The molecule has 0 unspecified atom stereocenters. The van der Waals surface area contributed by atoms with E-state index in [1.165, 1.54) is 0 Å². The Morgan fingerprint density at radius 3 is 2.79 bits per heavy atom. The Morgan fingerprint density at radius 1 is 1.00 bits per heavy atom. The Bertz CT molecular complexity index is 911. The molecule has 0 aliphatic rings. The molecule has 19 heavy (non-hydrogen) atoms. The molecule has 0 saturated carbocycles. The molecule has 3 heterocycles. The summed E-state index contributed by atoms with van der Waals surface area (Å²) in [5.74, 6) is 0.832. The molecule has 1 N–H and O–H groups in total. The average Bonchev–Trinajstić information content (AvgIpc) is 2.81. The average molecular weight is 249 g/mol. The van der Waals surface area contributed by atoms with Crippen LogP contribution in [0.4, 0.5) is 0 Å². The van der Waals surface area contributed by atoms with E-state index in [0.717, 1.165) is 38.7 Å². The predicted octanol–water partition coefficient (Wildman–Crippen LogP) is 3.27. The zero-order chi connectivity index (χ0) is 12.8. The van der Waals surface area contributed by atoms with Crippen molar-refractivity contribution in [1.29, 1.82) is 0 Å². The van der Waals surface area contributed by atoms with Gasteiger partial charge in [-0.1, -0.05) is 0 Å². The van der Waals surface area contributed by atoms with Crippen molar-refractivity contribution < 1.29 is 4.74 Å². The minimum Gasteiger partial charge on any atom is -0.497 e. The van der Waals surface area contributed by atoms with Crippen molar-refractivity contribution in [1.82, 2.24) is 15.0 Å². The quantitative estimate of drug-likeness (QED) is 0.563. The number of benzene rings is 1. The number of nitrogens with zero attached hydrogens (tertiary/aromatic N) is 2. The maximum Gasteiger partial charge on any atom is 0.161 e.